The summed E-state index contributed by atoms with van der Waals surface area (Å²) in [5, 5.41) is 10.3. The van der Waals surface area contributed by atoms with Crippen LogP contribution in [0.2, 0.25) is 0 Å². The minimum absolute atomic E-state index is 0.0647. The smallest absolute Gasteiger partial charge is 0.0905 e. The predicted molar refractivity (Wildman–Crippen MR) is 62.9 cm³/mol. The fourth-order valence-electron chi connectivity index (χ4n) is 1.63. The van der Waals surface area contributed by atoms with E-state index in [0.29, 0.717) is 0 Å². The number of thiazole rings is 1. The van der Waals surface area contributed by atoms with E-state index in [1.807, 2.05) is 25.1 Å². The van der Waals surface area contributed by atoms with Gasteiger partial charge in [0.05, 0.1) is 22.2 Å². The third-order valence-corrected chi connectivity index (χ3v) is 3.30. The molecular weight excluding hydrogens is 206 g/mol. The lowest BCUT2D eigenvalue weighted by molar-refractivity contribution is 0.286. The lowest BCUT2D eigenvalue weighted by atomic mass is 10.1. The van der Waals surface area contributed by atoms with E-state index in [4.69, 9.17) is 0 Å². The van der Waals surface area contributed by atoms with Gasteiger partial charge in [-0.2, -0.15) is 0 Å². The minimum Gasteiger partial charge on any atom is -0.391 e. The van der Waals surface area contributed by atoms with Gasteiger partial charge < -0.3 is 5.11 Å². The summed E-state index contributed by atoms with van der Waals surface area (Å²) < 4.78 is 0. The van der Waals surface area contributed by atoms with Crippen LogP contribution in [0.4, 0.5) is 0 Å². The van der Waals surface area contributed by atoms with E-state index < -0.39 is 0 Å². The van der Waals surface area contributed by atoms with Gasteiger partial charge in [0.1, 0.15) is 0 Å². The van der Waals surface area contributed by atoms with E-state index in [1.54, 1.807) is 11.3 Å². The average Bonchev–Trinajstić information content (AvgIpc) is 2.60. The highest BCUT2D eigenvalue weighted by atomic mass is 32.1. The lowest BCUT2D eigenvalue weighted by Gasteiger charge is -2.03. The Hall–Kier alpha value is -1.19. The molecule has 2 rings (SSSR count). The quantitative estimate of drug-likeness (QED) is 0.842. The summed E-state index contributed by atoms with van der Waals surface area (Å²) in [7, 11) is 0. The lowest BCUT2D eigenvalue weighted by Crippen LogP contribution is -1.88. The summed E-state index contributed by atoms with van der Waals surface area (Å²) in [5.41, 5.74) is 3.24. The van der Waals surface area contributed by atoms with Crippen LogP contribution in [-0.4, -0.2) is 10.1 Å². The van der Waals surface area contributed by atoms with Gasteiger partial charge in [0.15, 0.2) is 0 Å². The van der Waals surface area contributed by atoms with Crippen molar-refractivity contribution in [1.82, 2.24) is 4.98 Å². The summed E-state index contributed by atoms with van der Waals surface area (Å²) in [6.07, 6.45) is 0. The van der Waals surface area contributed by atoms with Gasteiger partial charge in [-0.1, -0.05) is 24.3 Å². The first-order chi connectivity index (χ1) is 7.22. The Balaban J connectivity index is 2.58. The molecule has 0 fully saturated rings. The van der Waals surface area contributed by atoms with Gasteiger partial charge in [-0.15, -0.1) is 11.3 Å². The van der Waals surface area contributed by atoms with Crippen LogP contribution in [0.1, 0.15) is 15.4 Å². The zero-order valence-electron chi connectivity index (χ0n) is 8.82. The Bertz CT molecular complexity index is 476. The van der Waals surface area contributed by atoms with Crippen LogP contribution in [0.5, 0.6) is 0 Å². The van der Waals surface area contributed by atoms with Crippen molar-refractivity contribution >= 4 is 11.3 Å². The summed E-state index contributed by atoms with van der Waals surface area (Å²) in [6, 6.07) is 8.11. The van der Waals surface area contributed by atoms with Crippen molar-refractivity contribution in [1.29, 1.82) is 0 Å². The highest BCUT2D eigenvalue weighted by molar-refractivity contribution is 7.12. The SMILES string of the molecule is Cc1nc(-c2ccccc2C)c(CO)s1. The third-order valence-electron chi connectivity index (χ3n) is 2.35. The first-order valence-corrected chi connectivity index (χ1v) is 5.67. The molecule has 2 nitrogen and oxygen atoms in total. The van der Waals surface area contributed by atoms with Crippen LogP contribution in [0, 0.1) is 13.8 Å². The van der Waals surface area contributed by atoms with E-state index in [9.17, 15) is 5.11 Å². The van der Waals surface area contributed by atoms with Gasteiger partial charge in [-0.25, -0.2) is 4.98 Å². The number of aliphatic hydroxyl groups excluding tert-OH is 1. The van der Waals surface area contributed by atoms with Crippen LogP contribution in [0.3, 0.4) is 0 Å². The van der Waals surface area contributed by atoms with Crippen molar-refractivity contribution in [3.8, 4) is 11.3 Å². The molecule has 0 amide bonds. The van der Waals surface area contributed by atoms with Crippen LogP contribution in [-0.2, 0) is 6.61 Å². The molecule has 0 radical (unpaired) electrons. The maximum absolute atomic E-state index is 9.25. The minimum atomic E-state index is 0.0647. The Morgan fingerprint density at radius 1 is 1.27 bits per heavy atom. The number of nitrogens with zero attached hydrogens (tertiary/aromatic N) is 1. The number of aliphatic hydroxyl groups is 1. The molecule has 78 valence electrons. The first kappa shape index (κ1) is 10.3. The molecule has 2 aromatic rings. The van der Waals surface area contributed by atoms with Crippen molar-refractivity contribution in [2.45, 2.75) is 20.5 Å². The van der Waals surface area contributed by atoms with Crippen molar-refractivity contribution < 1.29 is 5.11 Å². The number of rotatable bonds is 2. The van der Waals surface area contributed by atoms with Gasteiger partial charge in [0.25, 0.3) is 0 Å². The van der Waals surface area contributed by atoms with Crippen LogP contribution < -0.4 is 0 Å². The van der Waals surface area contributed by atoms with E-state index in [2.05, 4.69) is 18.0 Å². The maximum Gasteiger partial charge on any atom is 0.0905 e. The second-order valence-electron chi connectivity index (χ2n) is 3.48. The van der Waals surface area contributed by atoms with E-state index in [1.165, 1.54) is 5.56 Å². The molecule has 0 saturated carbocycles. The molecule has 0 unspecified atom stereocenters. The van der Waals surface area contributed by atoms with Crippen LogP contribution in [0.25, 0.3) is 11.3 Å². The summed E-state index contributed by atoms with van der Waals surface area (Å²) in [4.78, 5) is 5.42. The van der Waals surface area contributed by atoms with Crippen molar-refractivity contribution in [2.24, 2.45) is 0 Å². The number of aromatic nitrogens is 1. The Kier molecular flexibility index (Phi) is 2.84. The number of hydrogen-bond donors (Lipinski definition) is 1. The second kappa shape index (κ2) is 4.13. The molecule has 0 saturated heterocycles. The molecule has 0 aliphatic rings. The third kappa shape index (κ3) is 1.94. The average molecular weight is 219 g/mol. The molecular formula is C12H13NOS. The maximum atomic E-state index is 9.25. The molecule has 0 aliphatic carbocycles. The van der Waals surface area contributed by atoms with Crippen LogP contribution in [0.15, 0.2) is 24.3 Å². The standard InChI is InChI=1S/C12H13NOS/c1-8-5-3-4-6-10(8)12-11(7-14)15-9(2)13-12/h3-6,14H,7H2,1-2H3. The van der Waals surface area contributed by atoms with Crippen molar-refractivity contribution in [2.75, 3.05) is 0 Å². The zero-order chi connectivity index (χ0) is 10.8. The van der Waals surface area contributed by atoms with Crippen molar-refractivity contribution in [3.05, 3.63) is 39.7 Å². The fraction of sp³-hybridized carbons (Fsp3) is 0.250. The molecule has 3 heteroatoms. The predicted octanol–water partition coefficient (Wildman–Crippen LogP) is 2.92. The van der Waals surface area contributed by atoms with E-state index in [0.717, 1.165) is 21.1 Å². The van der Waals surface area contributed by atoms with Gasteiger partial charge in [-0.3, -0.25) is 0 Å². The monoisotopic (exact) mass is 219 g/mol. The van der Waals surface area contributed by atoms with E-state index >= 15 is 0 Å². The Morgan fingerprint density at radius 2 is 2.00 bits per heavy atom. The molecule has 1 N–H and O–H groups in total. The Morgan fingerprint density at radius 3 is 2.67 bits per heavy atom. The Labute approximate surface area is 93.2 Å². The molecule has 0 atom stereocenters. The molecule has 0 aliphatic heterocycles. The van der Waals surface area contributed by atoms with Crippen molar-refractivity contribution in [3.63, 3.8) is 0 Å². The number of benzene rings is 1. The second-order valence-corrected chi connectivity index (χ2v) is 4.77. The molecule has 0 spiro atoms. The summed E-state index contributed by atoms with van der Waals surface area (Å²) in [6.45, 7) is 4.09. The summed E-state index contributed by atoms with van der Waals surface area (Å²) in [5.74, 6) is 0. The van der Waals surface area contributed by atoms with E-state index in [-0.39, 0.29) is 6.61 Å². The zero-order valence-corrected chi connectivity index (χ0v) is 9.64. The normalized spacial score (nSPS) is 10.6. The highest BCUT2D eigenvalue weighted by Crippen LogP contribution is 2.29. The highest BCUT2D eigenvalue weighted by Gasteiger charge is 2.11. The fourth-order valence-corrected chi connectivity index (χ4v) is 2.44. The molecule has 0 bridgehead atoms. The summed E-state index contributed by atoms with van der Waals surface area (Å²) >= 11 is 1.56. The van der Waals surface area contributed by atoms with Gasteiger partial charge >= 0.3 is 0 Å². The first-order valence-electron chi connectivity index (χ1n) is 4.85. The molecule has 15 heavy (non-hydrogen) atoms. The van der Waals surface area contributed by atoms with Gasteiger partial charge in [0.2, 0.25) is 0 Å². The molecule has 1 aromatic heterocycles. The largest absolute Gasteiger partial charge is 0.391 e. The number of aryl methyl sites for hydroxylation is 2. The van der Waals surface area contributed by atoms with Crippen LogP contribution >= 0.6 is 11.3 Å². The van der Waals surface area contributed by atoms with Gasteiger partial charge in [0, 0.05) is 5.56 Å². The van der Waals surface area contributed by atoms with Gasteiger partial charge in [-0.05, 0) is 19.4 Å². The topological polar surface area (TPSA) is 33.1 Å². The molecule has 1 heterocycles. The number of hydrogen-bond acceptors (Lipinski definition) is 3. The molecule has 1 aromatic carbocycles.